The van der Waals surface area contributed by atoms with Crippen LogP contribution in [0.25, 0.3) is 28.0 Å². The van der Waals surface area contributed by atoms with Crippen molar-refractivity contribution in [2.75, 3.05) is 0 Å². The summed E-state index contributed by atoms with van der Waals surface area (Å²) in [5.74, 6) is 6.55. The van der Waals surface area contributed by atoms with Crippen LogP contribution in [0.4, 0.5) is 0 Å². The number of fused-ring (bicyclic) bond motifs is 1. The average molecular weight is 413 g/mol. The van der Waals surface area contributed by atoms with Crippen molar-refractivity contribution in [1.82, 2.24) is 19.7 Å². The van der Waals surface area contributed by atoms with Gasteiger partial charge in [0, 0.05) is 23.1 Å². The van der Waals surface area contributed by atoms with Gasteiger partial charge in [-0.05, 0) is 50.2 Å². The van der Waals surface area contributed by atoms with Gasteiger partial charge in [0.1, 0.15) is 5.60 Å². The highest BCUT2D eigenvalue weighted by atomic mass is 16.3. The molecule has 4 N–H and O–H groups in total. The zero-order chi connectivity index (χ0) is 22.0. The molecule has 3 aromatic heterocycles. The highest BCUT2D eigenvalue weighted by molar-refractivity contribution is 5.90. The van der Waals surface area contributed by atoms with Gasteiger partial charge in [0.2, 0.25) is 0 Å². The fourth-order valence-corrected chi connectivity index (χ4v) is 3.21. The molecule has 7 heteroatoms. The standard InChI is InChI=1S/C24H23N5O2/c1-24(2,31)10-9-16-11-17(21-7-3-5-18(13-25)27-21)12-22-20(16)14-26-29(22)23-8-4-6-19(15-30)28-23/h3-8,11-12,14,30-31H,13,15,25H2,1-2H3. The Morgan fingerprint density at radius 3 is 2.58 bits per heavy atom. The molecule has 0 fully saturated rings. The third-order valence-corrected chi connectivity index (χ3v) is 4.67. The molecule has 156 valence electrons. The van der Waals surface area contributed by atoms with E-state index in [1.54, 1.807) is 30.8 Å². The number of aliphatic hydroxyl groups excluding tert-OH is 1. The van der Waals surface area contributed by atoms with Gasteiger partial charge in [-0.15, -0.1) is 0 Å². The number of rotatable bonds is 4. The van der Waals surface area contributed by atoms with Crippen molar-refractivity contribution in [2.24, 2.45) is 5.73 Å². The summed E-state index contributed by atoms with van der Waals surface area (Å²) in [4.78, 5) is 9.10. The first kappa shape index (κ1) is 20.7. The summed E-state index contributed by atoms with van der Waals surface area (Å²) < 4.78 is 1.71. The minimum Gasteiger partial charge on any atom is -0.390 e. The zero-order valence-corrected chi connectivity index (χ0v) is 17.4. The number of hydrogen-bond donors (Lipinski definition) is 3. The van der Waals surface area contributed by atoms with E-state index >= 15 is 0 Å². The lowest BCUT2D eigenvalue weighted by Gasteiger charge is -2.09. The predicted octanol–water partition coefficient (Wildman–Crippen LogP) is 2.56. The normalized spacial score (nSPS) is 11.4. The number of aromatic nitrogens is 4. The second kappa shape index (κ2) is 8.28. The molecule has 1 aromatic carbocycles. The summed E-state index contributed by atoms with van der Waals surface area (Å²) >= 11 is 0. The Morgan fingerprint density at radius 1 is 1.06 bits per heavy atom. The maximum Gasteiger partial charge on any atom is 0.154 e. The molecule has 4 rings (SSSR count). The monoisotopic (exact) mass is 413 g/mol. The summed E-state index contributed by atoms with van der Waals surface area (Å²) in [5, 5.41) is 24.9. The largest absolute Gasteiger partial charge is 0.390 e. The molecule has 0 aliphatic carbocycles. The van der Waals surface area contributed by atoms with Gasteiger partial charge in [-0.1, -0.05) is 24.0 Å². The van der Waals surface area contributed by atoms with Crippen LogP contribution in [-0.2, 0) is 13.2 Å². The summed E-state index contributed by atoms with van der Waals surface area (Å²) in [5.41, 5.74) is 9.10. The molecule has 3 heterocycles. The first-order valence-electron chi connectivity index (χ1n) is 9.89. The van der Waals surface area contributed by atoms with Crippen LogP contribution in [0.5, 0.6) is 0 Å². The lowest BCUT2D eigenvalue weighted by molar-refractivity contribution is 0.143. The van der Waals surface area contributed by atoms with E-state index in [1.807, 2.05) is 42.5 Å². The van der Waals surface area contributed by atoms with E-state index in [0.29, 0.717) is 18.1 Å². The Morgan fingerprint density at radius 2 is 1.84 bits per heavy atom. The molecule has 0 aliphatic heterocycles. The maximum absolute atomic E-state index is 10.1. The van der Waals surface area contributed by atoms with Crippen molar-refractivity contribution >= 4 is 10.9 Å². The molecule has 0 spiro atoms. The Balaban J connectivity index is 1.97. The number of hydrogen-bond acceptors (Lipinski definition) is 6. The van der Waals surface area contributed by atoms with Gasteiger partial charge in [-0.3, -0.25) is 4.98 Å². The van der Waals surface area contributed by atoms with Crippen LogP contribution in [0.2, 0.25) is 0 Å². The molecule has 0 saturated carbocycles. The van der Waals surface area contributed by atoms with E-state index < -0.39 is 5.60 Å². The number of aliphatic hydroxyl groups is 2. The van der Waals surface area contributed by atoms with E-state index in [0.717, 1.165) is 33.4 Å². The minimum atomic E-state index is -1.13. The molecular weight excluding hydrogens is 390 g/mol. The molecule has 0 atom stereocenters. The van der Waals surface area contributed by atoms with Gasteiger partial charge in [0.25, 0.3) is 0 Å². The zero-order valence-electron chi connectivity index (χ0n) is 17.4. The highest BCUT2D eigenvalue weighted by Crippen LogP contribution is 2.28. The van der Waals surface area contributed by atoms with Crippen molar-refractivity contribution in [2.45, 2.75) is 32.6 Å². The first-order valence-corrected chi connectivity index (χ1v) is 9.89. The van der Waals surface area contributed by atoms with Crippen molar-refractivity contribution < 1.29 is 10.2 Å². The van der Waals surface area contributed by atoms with Crippen LogP contribution in [0, 0.1) is 11.8 Å². The molecule has 0 amide bonds. The third kappa shape index (κ3) is 4.47. The van der Waals surface area contributed by atoms with Gasteiger partial charge < -0.3 is 15.9 Å². The number of nitrogens with two attached hydrogens (primary N) is 1. The second-order valence-corrected chi connectivity index (χ2v) is 7.69. The minimum absolute atomic E-state index is 0.156. The quantitative estimate of drug-likeness (QED) is 0.444. The van der Waals surface area contributed by atoms with Crippen molar-refractivity contribution in [3.05, 3.63) is 71.7 Å². The molecule has 7 nitrogen and oxygen atoms in total. The number of pyridine rings is 2. The first-order chi connectivity index (χ1) is 14.9. The van der Waals surface area contributed by atoms with Gasteiger partial charge in [-0.25, -0.2) is 9.67 Å². The Labute approximate surface area is 180 Å². The van der Waals surface area contributed by atoms with Crippen LogP contribution in [0.15, 0.2) is 54.7 Å². The van der Waals surface area contributed by atoms with Crippen molar-refractivity contribution in [1.29, 1.82) is 0 Å². The van der Waals surface area contributed by atoms with Gasteiger partial charge in [-0.2, -0.15) is 5.10 Å². The fourth-order valence-electron chi connectivity index (χ4n) is 3.21. The second-order valence-electron chi connectivity index (χ2n) is 7.69. The predicted molar refractivity (Wildman–Crippen MR) is 119 cm³/mol. The fraction of sp³-hybridized carbons (Fsp3) is 0.208. The SMILES string of the molecule is CC(C)(O)C#Cc1cc(-c2cccc(CN)n2)cc2c1cnn2-c1cccc(CO)n1. The average Bonchev–Trinajstić information content (AvgIpc) is 3.21. The van der Waals surface area contributed by atoms with Crippen LogP contribution in [0.1, 0.15) is 30.8 Å². The molecule has 0 aliphatic rings. The van der Waals surface area contributed by atoms with Crippen LogP contribution >= 0.6 is 0 Å². The molecule has 4 aromatic rings. The number of nitrogens with zero attached hydrogens (tertiary/aromatic N) is 4. The lowest BCUT2D eigenvalue weighted by Crippen LogP contribution is -2.14. The van der Waals surface area contributed by atoms with Crippen LogP contribution in [0.3, 0.4) is 0 Å². The van der Waals surface area contributed by atoms with Crippen LogP contribution in [-0.4, -0.2) is 35.6 Å². The molecule has 0 radical (unpaired) electrons. The summed E-state index contributed by atoms with van der Waals surface area (Å²) in [6, 6.07) is 15.0. The summed E-state index contributed by atoms with van der Waals surface area (Å²) in [6.07, 6.45) is 1.73. The molecular formula is C24H23N5O2. The summed E-state index contributed by atoms with van der Waals surface area (Å²) in [6.45, 7) is 3.47. The number of benzene rings is 1. The van der Waals surface area contributed by atoms with E-state index in [2.05, 4.69) is 26.9 Å². The van der Waals surface area contributed by atoms with Gasteiger partial charge in [0.15, 0.2) is 5.82 Å². The van der Waals surface area contributed by atoms with Gasteiger partial charge in [0.05, 0.1) is 35.4 Å². The van der Waals surface area contributed by atoms with E-state index in [9.17, 15) is 10.2 Å². The van der Waals surface area contributed by atoms with E-state index in [1.165, 1.54) is 0 Å². The molecule has 0 unspecified atom stereocenters. The molecule has 31 heavy (non-hydrogen) atoms. The highest BCUT2D eigenvalue weighted by Gasteiger charge is 2.14. The topological polar surface area (TPSA) is 110 Å². The smallest absolute Gasteiger partial charge is 0.154 e. The Kier molecular flexibility index (Phi) is 5.53. The summed E-state index contributed by atoms with van der Waals surface area (Å²) in [7, 11) is 0. The van der Waals surface area contributed by atoms with Crippen molar-refractivity contribution in [3.8, 4) is 28.9 Å². The van der Waals surface area contributed by atoms with E-state index in [4.69, 9.17) is 5.73 Å². The Bertz CT molecular complexity index is 1310. The molecule has 0 saturated heterocycles. The van der Waals surface area contributed by atoms with E-state index in [-0.39, 0.29) is 6.61 Å². The molecule has 0 bridgehead atoms. The van der Waals surface area contributed by atoms with Gasteiger partial charge >= 0.3 is 0 Å². The third-order valence-electron chi connectivity index (χ3n) is 4.67. The van der Waals surface area contributed by atoms with Crippen molar-refractivity contribution in [3.63, 3.8) is 0 Å². The maximum atomic E-state index is 10.1. The Hall–Kier alpha value is -3.57. The van der Waals surface area contributed by atoms with Crippen LogP contribution < -0.4 is 5.73 Å². The lowest BCUT2D eigenvalue weighted by atomic mass is 10.0.